The van der Waals surface area contributed by atoms with Crippen molar-refractivity contribution in [2.24, 2.45) is 0 Å². The van der Waals surface area contributed by atoms with Crippen LogP contribution in [0.15, 0.2) is 36.7 Å². The predicted octanol–water partition coefficient (Wildman–Crippen LogP) is 1.88. The highest BCUT2D eigenvalue weighted by atomic mass is 16.6. The molecule has 0 unspecified atom stereocenters. The van der Waals surface area contributed by atoms with Crippen molar-refractivity contribution in [2.45, 2.75) is 0 Å². The van der Waals surface area contributed by atoms with Gasteiger partial charge in [-0.25, -0.2) is 9.97 Å². The van der Waals surface area contributed by atoms with Crippen LogP contribution in [-0.4, -0.2) is 35.2 Å². The molecule has 2 rings (SSSR count). The van der Waals surface area contributed by atoms with Gasteiger partial charge in [0.15, 0.2) is 0 Å². The quantitative estimate of drug-likeness (QED) is 0.385. The summed E-state index contributed by atoms with van der Waals surface area (Å²) in [7, 11) is 1.55. The summed E-state index contributed by atoms with van der Waals surface area (Å²) in [5.41, 5.74) is 6.10. The van der Waals surface area contributed by atoms with Gasteiger partial charge >= 0.3 is 5.69 Å². The van der Waals surface area contributed by atoms with Gasteiger partial charge in [-0.05, 0) is 12.1 Å². The number of nitrogens with zero attached hydrogens (tertiary/aromatic N) is 3. The first-order valence-corrected chi connectivity index (χ1v) is 6.51. The molecular weight excluding hydrogens is 288 g/mol. The number of hydrogen-bond acceptors (Lipinski definition) is 8. The maximum Gasteiger partial charge on any atom is 0.354 e. The lowest BCUT2D eigenvalue weighted by Crippen LogP contribution is -2.15. The number of nitro groups is 1. The van der Waals surface area contributed by atoms with Crippen LogP contribution in [0.1, 0.15) is 0 Å². The van der Waals surface area contributed by atoms with E-state index in [0.717, 1.165) is 5.69 Å². The summed E-state index contributed by atoms with van der Waals surface area (Å²) in [5, 5.41) is 14.1. The molecule has 3 N–H and O–H groups in total. The Kier molecular flexibility index (Phi) is 5.44. The Morgan fingerprint density at radius 3 is 2.59 bits per heavy atom. The molecule has 22 heavy (non-hydrogen) atoms. The van der Waals surface area contributed by atoms with E-state index < -0.39 is 4.92 Å². The molecule has 0 spiro atoms. The zero-order valence-electron chi connectivity index (χ0n) is 11.9. The van der Waals surface area contributed by atoms with Crippen LogP contribution in [0.4, 0.5) is 23.0 Å². The summed E-state index contributed by atoms with van der Waals surface area (Å²) in [6.07, 6.45) is 1.25. The molecule has 0 atom stereocenters. The van der Waals surface area contributed by atoms with Crippen LogP contribution in [0.2, 0.25) is 0 Å². The van der Waals surface area contributed by atoms with Crippen LogP contribution >= 0.6 is 0 Å². The third kappa shape index (κ3) is 4.03. The standard InChI is InChI=1S/C13H16N6O3/c1-22-8-7-14-12-11(19(20)21)13(16-9-15-12)18-17-10-5-3-2-4-6-10/h2-6,9,17H,7-8H2,1H3,(H2,14,15,16,18). The summed E-state index contributed by atoms with van der Waals surface area (Å²) in [4.78, 5) is 18.5. The smallest absolute Gasteiger partial charge is 0.354 e. The summed E-state index contributed by atoms with van der Waals surface area (Å²) in [6.45, 7) is 0.812. The molecule has 1 aromatic carbocycles. The molecule has 116 valence electrons. The molecule has 1 aromatic heterocycles. The normalized spacial score (nSPS) is 10.0. The summed E-state index contributed by atoms with van der Waals surface area (Å²) >= 11 is 0. The largest absolute Gasteiger partial charge is 0.383 e. The summed E-state index contributed by atoms with van der Waals surface area (Å²) < 4.78 is 4.90. The highest BCUT2D eigenvalue weighted by Gasteiger charge is 2.22. The second-order valence-electron chi connectivity index (χ2n) is 4.21. The first-order chi connectivity index (χ1) is 10.7. The minimum atomic E-state index is -0.538. The summed E-state index contributed by atoms with van der Waals surface area (Å²) in [6, 6.07) is 9.19. The van der Waals surface area contributed by atoms with Crippen LogP contribution in [0.5, 0.6) is 0 Å². The second kappa shape index (κ2) is 7.74. The van der Waals surface area contributed by atoms with Crippen molar-refractivity contribution in [1.29, 1.82) is 0 Å². The van der Waals surface area contributed by atoms with Crippen molar-refractivity contribution >= 4 is 23.0 Å². The van der Waals surface area contributed by atoms with Crippen molar-refractivity contribution in [3.8, 4) is 0 Å². The van der Waals surface area contributed by atoms with Gasteiger partial charge in [0.25, 0.3) is 0 Å². The van der Waals surface area contributed by atoms with Gasteiger partial charge in [-0.3, -0.25) is 21.0 Å². The number of para-hydroxylation sites is 1. The van der Waals surface area contributed by atoms with Crippen LogP contribution < -0.4 is 16.2 Å². The molecule has 0 aliphatic rings. The Labute approximate surface area is 126 Å². The number of methoxy groups -OCH3 is 1. The second-order valence-corrected chi connectivity index (χ2v) is 4.21. The minimum absolute atomic E-state index is 0.0729. The monoisotopic (exact) mass is 304 g/mol. The minimum Gasteiger partial charge on any atom is -0.383 e. The Hall–Kier alpha value is -2.94. The molecule has 0 fully saturated rings. The van der Waals surface area contributed by atoms with Gasteiger partial charge in [0, 0.05) is 13.7 Å². The van der Waals surface area contributed by atoms with E-state index in [1.165, 1.54) is 6.33 Å². The van der Waals surface area contributed by atoms with Crippen LogP contribution in [0.25, 0.3) is 0 Å². The van der Waals surface area contributed by atoms with E-state index in [1.807, 2.05) is 30.3 Å². The zero-order valence-corrected chi connectivity index (χ0v) is 11.9. The van der Waals surface area contributed by atoms with E-state index in [-0.39, 0.29) is 17.3 Å². The fourth-order valence-corrected chi connectivity index (χ4v) is 1.70. The number of rotatable bonds is 8. The van der Waals surface area contributed by atoms with Crippen LogP contribution in [-0.2, 0) is 4.74 Å². The molecule has 0 bridgehead atoms. The van der Waals surface area contributed by atoms with Crippen molar-refractivity contribution in [1.82, 2.24) is 9.97 Å². The Balaban J connectivity index is 2.15. The maximum absolute atomic E-state index is 11.3. The van der Waals surface area contributed by atoms with Crippen molar-refractivity contribution in [3.63, 3.8) is 0 Å². The number of anilines is 3. The topological polar surface area (TPSA) is 114 Å². The molecule has 9 heteroatoms. The molecule has 9 nitrogen and oxygen atoms in total. The van der Waals surface area contributed by atoms with Gasteiger partial charge in [-0.15, -0.1) is 0 Å². The lowest BCUT2D eigenvalue weighted by atomic mass is 10.3. The molecular formula is C13H16N6O3. The van der Waals surface area contributed by atoms with E-state index >= 15 is 0 Å². The van der Waals surface area contributed by atoms with Gasteiger partial charge in [-0.2, -0.15) is 0 Å². The fourth-order valence-electron chi connectivity index (χ4n) is 1.70. The van der Waals surface area contributed by atoms with Gasteiger partial charge in [-0.1, -0.05) is 18.2 Å². The van der Waals surface area contributed by atoms with Gasteiger partial charge in [0.2, 0.25) is 11.6 Å². The number of aromatic nitrogens is 2. The van der Waals surface area contributed by atoms with E-state index in [4.69, 9.17) is 4.74 Å². The highest BCUT2D eigenvalue weighted by Crippen LogP contribution is 2.28. The SMILES string of the molecule is COCCNc1ncnc(NNc2ccccc2)c1[N+](=O)[O-]. The Morgan fingerprint density at radius 2 is 1.91 bits per heavy atom. The average molecular weight is 304 g/mol. The third-order valence-electron chi connectivity index (χ3n) is 2.70. The molecule has 0 amide bonds. The maximum atomic E-state index is 11.3. The molecule has 1 heterocycles. The predicted molar refractivity (Wildman–Crippen MR) is 82.7 cm³/mol. The molecule has 0 aliphatic carbocycles. The molecule has 2 aromatic rings. The Bertz CT molecular complexity index is 622. The number of nitrogens with one attached hydrogen (secondary N) is 3. The first kappa shape index (κ1) is 15.4. The number of hydrogen-bond donors (Lipinski definition) is 3. The van der Waals surface area contributed by atoms with E-state index in [9.17, 15) is 10.1 Å². The molecule has 0 saturated carbocycles. The van der Waals surface area contributed by atoms with Crippen LogP contribution in [0.3, 0.4) is 0 Å². The zero-order chi connectivity index (χ0) is 15.8. The van der Waals surface area contributed by atoms with E-state index in [1.54, 1.807) is 7.11 Å². The lowest BCUT2D eigenvalue weighted by molar-refractivity contribution is -0.383. The Morgan fingerprint density at radius 1 is 1.18 bits per heavy atom. The fraction of sp³-hybridized carbons (Fsp3) is 0.231. The number of benzene rings is 1. The first-order valence-electron chi connectivity index (χ1n) is 6.51. The lowest BCUT2D eigenvalue weighted by Gasteiger charge is -2.11. The van der Waals surface area contributed by atoms with Gasteiger partial charge in [0.1, 0.15) is 6.33 Å². The highest BCUT2D eigenvalue weighted by molar-refractivity contribution is 5.70. The van der Waals surface area contributed by atoms with Crippen molar-refractivity contribution < 1.29 is 9.66 Å². The van der Waals surface area contributed by atoms with E-state index in [0.29, 0.717) is 13.2 Å². The van der Waals surface area contributed by atoms with Crippen LogP contribution in [0, 0.1) is 10.1 Å². The van der Waals surface area contributed by atoms with Gasteiger partial charge < -0.3 is 10.1 Å². The third-order valence-corrected chi connectivity index (χ3v) is 2.70. The summed E-state index contributed by atoms with van der Waals surface area (Å²) in [5.74, 6) is 0.207. The van der Waals surface area contributed by atoms with E-state index in [2.05, 4.69) is 26.1 Å². The molecule has 0 saturated heterocycles. The molecule has 0 aliphatic heterocycles. The number of ether oxygens (including phenoxy) is 1. The number of hydrazine groups is 1. The molecule has 0 radical (unpaired) electrons. The van der Waals surface area contributed by atoms with Crippen molar-refractivity contribution in [2.75, 3.05) is 36.4 Å². The van der Waals surface area contributed by atoms with Crippen molar-refractivity contribution in [3.05, 3.63) is 46.8 Å². The van der Waals surface area contributed by atoms with Gasteiger partial charge in [0.05, 0.1) is 17.2 Å². The average Bonchev–Trinajstić information content (AvgIpc) is 2.54.